The second kappa shape index (κ2) is 9.84. The Labute approximate surface area is 134 Å². The maximum atomic E-state index is 12.9. The van der Waals surface area contributed by atoms with Crippen molar-refractivity contribution in [3.05, 3.63) is 35.1 Å². The van der Waals surface area contributed by atoms with Crippen LogP contribution >= 0.6 is 24.0 Å². The zero-order chi connectivity index (χ0) is 14.3. The van der Waals surface area contributed by atoms with Gasteiger partial charge in [0.05, 0.1) is 6.54 Å². The lowest BCUT2D eigenvalue weighted by atomic mass is 10.1. The van der Waals surface area contributed by atoms with Crippen molar-refractivity contribution < 1.29 is 13.2 Å². The Hall–Kier alpha value is -0.990. The van der Waals surface area contributed by atoms with Crippen molar-refractivity contribution in [2.75, 3.05) is 20.1 Å². The fraction of sp³-hybridized carbons (Fsp3) is 0.462. The van der Waals surface area contributed by atoms with Gasteiger partial charge >= 0.3 is 0 Å². The molecule has 7 heteroatoms. The van der Waals surface area contributed by atoms with E-state index in [0.29, 0.717) is 18.9 Å². The molecule has 0 aliphatic rings. The van der Waals surface area contributed by atoms with Crippen LogP contribution in [-0.4, -0.2) is 32.5 Å². The molecule has 1 aromatic carbocycles. The van der Waals surface area contributed by atoms with E-state index in [1.807, 2.05) is 6.92 Å². The van der Waals surface area contributed by atoms with Gasteiger partial charge in [-0.2, -0.15) is 0 Å². The number of guanidine groups is 1. The van der Waals surface area contributed by atoms with Gasteiger partial charge < -0.3 is 10.6 Å². The van der Waals surface area contributed by atoms with Crippen LogP contribution in [0.4, 0.5) is 13.2 Å². The fourth-order valence-electron chi connectivity index (χ4n) is 1.65. The number of hydrogen-bond donors (Lipinski definition) is 2. The molecule has 0 saturated carbocycles. The standard InChI is InChI=1S/C13H18F3N3.HI/c1-9-7-11(14)4-3-10(9)5-6-18-13(17-2)19-8-12(15)16;/h3-4,7,12H,5-6,8H2,1-2H3,(H2,17,18,19);1H. The zero-order valence-electron chi connectivity index (χ0n) is 11.4. The lowest BCUT2D eigenvalue weighted by molar-refractivity contribution is 0.152. The van der Waals surface area contributed by atoms with Crippen molar-refractivity contribution in [1.82, 2.24) is 10.6 Å². The van der Waals surface area contributed by atoms with E-state index in [9.17, 15) is 13.2 Å². The molecule has 0 aliphatic carbocycles. The van der Waals surface area contributed by atoms with Crippen molar-refractivity contribution in [3.8, 4) is 0 Å². The van der Waals surface area contributed by atoms with Crippen LogP contribution in [0.3, 0.4) is 0 Å². The van der Waals surface area contributed by atoms with Crippen LogP contribution in [0.25, 0.3) is 0 Å². The number of aryl methyl sites for hydroxylation is 1. The number of halogens is 4. The normalized spacial score (nSPS) is 11.2. The molecule has 114 valence electrons. The fourth-order valence-corrected chi connectivity index (χ4v) is 1.65. The highest BCUT2D eigenvalue weighted by Crippen LogP contribution is 2.10. The predicted octanol–water partition coefficient (Wildman–Crippen LogP) is 2.72. The third-order valence-electron chi connectivity index (χ3n) is 2.64. The zero-order valence-corrected chi connectivity index (χ0v) is 13.8. The van der Waals surface area contributed by atoms with Crippen LogP contribution in [0.5, 0.6) is 0 Å². The van der Waals surface area contributed by atoms with E-state index in [0.717, 1.165) is 11.1 Å². The van der Waals surface area contributed by atoms with Gasteiger partial charge in [0.15, 0.2) is 5.96 Å². The molecule has 1 aromatic rings. The van der Waals surface area contributed by atoms with Crippen molar-refractivity contribution in [3.63, 3.8) is 0 Å². The summed E-state index contributed by atoms with van der Waals surface area (Å²) in [5, 5.41) is 5.43. The monoisotopic (exact) mass is 401 g/mol. The van der Waals surface area contributed by atoms with Crippen molar-refractivity contribution in [2.45, 2.75) is 19.8 Å². The van der Waals surface area contributed by atoms with Crippen LogP contribution in [0, 0.1) is 12.7 Å². The number of aliphatic imine (C=N–C) groups is 1. The average Bonchev–Trinajstić information content (AvgIpc) is 2.35. The first-order valence-electron chi connectivity index (χ1n) is 6.00. The van der Waals surface area contributed by atoms with Gasteiger partial charge in [0.2, 0.25) is 0 Å². The Bertz CT molecular complexity index is 439. The molecule has 0 fully saturated rings. The lowest BCUT2D eigenvalue weighted by Gasteiger charge is -2.12. The van der Waals surface area contributed by atoms with Crippen LogP contribution in [0.2, 0.25) is 0 Å². The highest BCUT2D eigenvalue weighted by molar-refractivity contribution is 14.0. The minimum absolute atomic E-state index is 0. The van der Waals surface area contributed by atoms with E-state index >= 15 is 0 Å². The van der Waals surface area contributed by atoms with Crippen LogP contribution in [0.15, 0.2) is 23.2 Å². The number of nitrogens with zero attached hydrogens (tertiary/aromatic N) is 1. The molecule has 1 rings (SSSR count). The van der Waals surface area contributed by atoms with Gasteiger partial charge in [0.1, 0.15) is 5.82 Å². The van der Waals surface area contributed by atoms with E-state index in [2.05, 4.69) is 15.6 Å². The molecule has 2 N–H and O–H groups in total. The molecular weight excluding hydrogens is 382 g/mol. The Morgan fingerprint density at radius 3 is 2.55 bits per heavy atom. The summed E-state index contributed by atoms with van der Waals surface area (Å²) in [6, 6.07) is 4.60. The Morgan fingerprint density at radius 2 is 2.00 bits per heavy atom. The molecule has 0 bridgehead atoms. The van der Waals surface area contributed by atoms with Gasteiger partial charge in [-0.1, -0.05) is 6.07 Å². The number of benzene rings is 1. The highest BCUT2D eigenvalue weighted by atomic mass is 127. The molecule has 3 nitrogen and oxygen atoms in total. The Kier molecular flexibility index (Phi) is 9.35. The van der Waals surface area contributed by atoms with Gasteiger partial charge in [-0.25, -0.2) is 13.2 Å². The molecule has 0 unspecified atom stereocenters. The highest BCUT2D eigenvalue weighted by Gasteiger charge is 2.04. The van der Waals surface area contributed by atoms with E-state index in [-0.39, 0.29) is 29.8 Å². The minimum Gasteiger partial charge on any atom is -0.356 e. The number of alkyl halides is 2. The summed E-state index contributed by atoms with van der Waals surface area (Å²) in [6.07, 6.45) is -1.75. The van der Waals surface area contributed by atoms with Gasteiger partial charge in [-0.3, -0.25) is 4.99 Å². The number of rotatable bonds is 5. The van der Waals surface area contributed by atoms with E-state index in [1.165, 1.54) is 19.2 Å². The first kappa shape index (κ1) is 19.0. The summed E-state index contributed by atoms with van der Waals surface area (Å²) >= 11 is 0. The molecule has 0 atom stereocenters. The average molecular weight is 401 g/mol. The number of hydrogen-bond acceptors (Lipinski definition) is 1. The largest absolute Gasteiger partial charge is 0.356 e. The van der Waals surface area contributed by atoms with Crippen molar-refractivity contribution in [2.24, 2.45) is 4.99 Å². The minimum atomic E-state index is -2.42. The predicted molar refractivity (Wildman–Crippen MR) is 85.6 cm³/mol. The first-order valence-corrected chi connectivity index (χ1v) is 6.00. The topological polar surface area (TPSA) is 36.4 Å². The molecule has 0 heterocycles. The molecular formula is C13H19F3IN3. The smallest absolute Gasteiger partial charge is 0.255 e. The van der Waals surface area contributed by atoms with E-state index in [1.54, 1.807) is 6.07 Å². The van der Waals surface area contributed by atoms with Crippen molar-refractivity contribution >= 4 is 29.9 Å². The summed E-state index contributed by atoms with van der Waals surface area (Å²) in [5.74, 6) is 0.0729. The summed E-state index contributed by atoms with van der Waals surface area (Å²) in [4.78, 5) is 3.83. The summed E-state index contributed by atoms with van der Waals surface area (Å²) in [6.45, 7) is 1.94. The number of nitrogens with one attached hydrogen (secondary N) is 2. The van der Waals surface area contributed by atoms with Gasteiger partial charge in [0.25, 0.3) is 6.43 Å². The third kappa shape index (κ3) is 6.97. The Morgan fingerprint density at radius 1 is 1.30 bits per heavy atom. The maximum Gasteiger partial charge on any atom is 0.255 e. The first-order chi connectivity index (χ1) is 9.02. The molecule has 0 aromatic heterocycles. The Balaban J connectivity index is 0.00000361. The molecule has 0 radical (unpaired) electrons. The second-order valence-electron chi connectivity index (χ2n) is 4.09. The van der Waals surface area contributed by atoms with E-state index < -0.39 is 13.0 Å². The molecule has 0 amide bonds. The van der Waals surface area contributed by atoms with Crippen molar-refractivity contribution in [1.29, 1.82) is 0 Å². The maximum absolute atomic E-state index is 12.9. The summed E-state index contributed by atoms with van der Waals surface area (Å²) < 4.78 is 37.0. The molecule has 0 aliphatic heterocycles. The second-order valence-corrected chi connectivity index (χ2v) is 4.09. The van der Waals surface area contributed by atoms with Gasteiger partial charge in [0, 0.05) is 13.6 Å². The van der Waals surface area contributed by atoms with Gasteiger partial charge in [-0.05, 0) is 36.6 Å². The molecule has 0 saturated heterocycles. The van der Waals surface area contributed by atoms with Gasteiger partial charge in [-0.15, -0.1) is 24.0 Å². The summed E-state index contributed by atoms with van der Waals surface area (Å²) in [5.41, 5.74) is 1.88. The molecule has 20 heavy (non-hydrogen) atoms. The molecule has 0 spiro atoms. The third-order valence-corrected chi connectivity index (χ3v) is 2.64. The van der Waals surface area contributed by atoms with E-state index in [4.69, 9.17) is 0 Å². The van der Waals surface area contributed by atoms with Crippen LogP contribution in [-0.2, 0) is 6.42 Å². The lowest BCUT2D eigenvalue weighted by Crippen LogP contribution is -2.40. The quantitative estimate of drug-likeness (QED) is 0.452. The summed E-state index contributed by atoms with van der Waals surface area (Å²) in [7, 11) is 1.52. The van der Waals surface area contributed by atoms with Crippen LogP contribution < -0.4 is 10.6 Å². The van der Waals surface area contributed by atoms with Crippen LogP contribution in [0.1, 0.15) is 11.1 Å². The SMILES string of the molecule is CN=C(NCCc1ccc(F)cc1C)NCC(F)F.I.